The van der Waals surface area contributed by atoms with Crippen molar-refractivity contribution in [3.63, 3.8) is 0 Å². The number of aliphatic hydroxyl groups excluding tert-OH is 1. The van der Waals surface area contributed by atoms with E-state index in [2.05, 4.69) is 22.1 Å². The van der Waals surface area contributed by atoms with Crippen molar-refractivity contribution in [2.75, 3.05) is 36.1 Å². The van der Waals surface area contributed by atoms with Crippen LogP contribution in [0.25, 0.3) is 0 Å². The molecular formula is C27H36N4O5S. The average Bonchev–Trinajstić information content (AvgIpc) is 3.05. The number of unbranched alkanes of at least 4 members (excludes halogenated alkanes) is 3. The topological polar surface area (TPSA) is 139 Å². The van der Waals surface area contributed by atoms with Crippen LogP contribution in [0.15, 0.2) is 29.4 Å². The maximum absolute atomic E-state index is 13.5. The summed E-state index contributed by atoms with van der Waals surface area (Å²) in [5.41, 5.74) is 8.41. The Balaban J connectivity index is 1.39. The number of nitrogens with zero attached hydrogens (tertiary/aromatic N) is 3. The Morgan fingerprint density at radius 2 is 1.81 bits per heavy atom. The van der Waals surface area contributed by atoms with Crippen LogP contribution in [0.5, 0.6) is 5.88 Å². The first-order valence-corrected chi connectivity index (χ1v) is 14.1. The van der Waals surface area contributed by atoms with Gasteiger partial charge in [0.2, 0.25) is 5.88 Å². The van der Waals surface area contributed by atoms with Crippen LogP contribution in [0, 0.1) is 5.92 Å². The van der Waals surface area contributed by atoms with Crippen molar-refractivity contribution in [2.24, 2.45) is 5.92 Å². The van der Waals surface area contributed by atoms with Gasteiger partial charge in [-0.25, -0.2) is 4.98 Å². The van der Waals surface area contributed by atoms with E-state index in [1.165, 1.54) is 17.3 Å². The van der Waals surface area contributed by atoms with E-state index < -0.39 is 5.97 Å². The number of aromatic nitrogens is 2. The third-order valence-corrected chi connectivity index (χ3v) is 8.10. The number of thioether (sulfide) groups is 1. The second kappa shape index (κ2) is 13.1. The highest BCUT2D eigenvalue weighted by molar-refractivity contribution is 7.99. The molecule has 10 heteroatoms. The number of aliphatic carboxylic acids is 1. The highest BCUT2D eigenvalue weighted by Gasteiger charge is 2.30. The molecule has 1 aliphatic carbocycles. The summed E-state index contributed by atoms with van der Waals surface area (Å²) in [6, 6.07) is 8.05. The summed E-state index contributed by atoms with van der Waals surface area (Å²) in [5, 5.41) is 18.4. The van der Waals surface area contributed by atoms with Gasteiger partial charge in [-0.2, -0.15) is 4.98 Å². The predicted molar refractivity (Wildman–Crippen MR) is 143 cm³/mol. The third-order valence-electron chi connectivity index (χ3n) is 7.17. The number of carbonyl (C=O) groups is 2. The number of aliphatic hydroxyl groups is 1. The Hall–Kier alpha value is -2.85. The number of carboxylic acid groups (broad SMARTS) is 1. The third kappa shape index (κ3) is 7.13. The largest absolute Gasteiger partial charge is 0.481 e. The molecule has 1 saturated carbocycles. The van der Waals surface area contributed by atoms with Crippen LogP contribution >= 0.6 is 11.8 Å². The normalized spacial score (nSPS) is 19.7. The van der Waals surface area contributed by atoms with Crippen LogP contribution < -0.4 is 15.4 Å². The molecule has 1 aliphatic heterocycles. The number of hydrogen-bond acceptors (Lipinski definition) is 8. The molecule has 4 N–H and O–H groups in total. The average molecular weight is 529 g/mol. The monoisotopic (exact) mass is 528 g/mol. The second-order valence-corrected chi connectivity index (χ2v) is 10.8. The standard InChI is InChI=1S/C27H36N4O5S/c28-24-23-25(30-27(29-24)37-16-4-2-1-3-14-32)36-15-13-31(26(23)35)21-11-9-20(10-12-21)19-7-5-18(6-8-19)17-22(33)34/h9-12,18-19,32H,1-8,13-17H2,(H,33,34)(H2,28,29,30)/t18-,19-. The highest BCUT2D eigenvalue weighted by atomic mass is 32.2. The zero-order chi connectivity index (χ0) is 26.2. The molecule has 1 fully saturated rings. The molecule has 0 saturated heterocycles. The molecular weight excluding hydrogens is 492 g/mol. The Kier molecular flexibility index (Phi) is 9.62. The van der Waals surface area contributed by atoms with Crippen LogP contribution in [0.1, 0.15) is 79.6 Å². The quantitative estimate of drug-likeness (QED) is 0.219. The number of nitrogens with two attached hydrogens (primary N) is 1. The van der Waals surface area contributed by atoms with E-state index in [0.717, 1.165) is 62.8 Å². The number of carboxylic acids is 1. The molecule has 0 radical (unpaired) electrons. The lowest BCUT2D eigenvalue weighted by molar-refractivity contribution is -0.138. The van der Waals surface area contributed by atoms with Crippen molar-refractivity contribution >= 4 is 35.1 Å². The number of benzene rings is 1. The number of anilines is 2. The summed E-state index contributed by atoms with van der Waals surface area (Å²) < 4.78 is 5.83. The zero-order valence-corrected chi connectivity index (χ0v) is 21.9. The van der Waals surface area contributed by atoms with Gasteiger partial charge in [0, 0.05) is 24.5 Å². The van der Waals surface area contributed by atoms with Crippen molar-refractivity contribution < 1.29 is 24.5 Å². The minimum atomic E-state index is -0.716. The van der Waals surface area contributed by atoms with Crippen molar-refractivity contribution in [2.45, 2.75) is 68.9 Å². The van der Waals surface area contributed by atoms with Gasteiger partial charge in [0.15, 0.2) is 5.16 Å². The van der Waals surface area contributed by atoms with Crippen LogP contribution in [0.4, 0.5) is 11.5 Å². The maximum Gasteiger partial charge on any atom is 0.303 e. The molecule has 37 heavy (non-hydrogen) atoms. The van der Waals surface area contributed by atoms with Gasteiger partial charge >= 0.3 is 5.97 Å². The van der Waals surface area contributed by atoms with E-state index in [1.807, 2.05) is 12.1 Å². The lowest BCUT2D eigenvalue weighted by atomic mass is 9.77. The minimum Gasteiger partial charge on any atom is -0.481 e. The first kappa shape index (κ1) is 27.2. The molecule has 2 aliphatic rings. The van der Waals surface area contributed by atoms with E-state index >= 15 is 0 Å². The van der Waals surface area contributed by atoms with Gasteiger partial charge in [0.25, 0.3) is 5.91 Å². The molecule has 2 heterocycles. The van der Waals surface area contributed by atoms with Gasteiger partial charge in [0.05, 0.1) is 6.54 Å². The lowest BCUT2D eigenvalue weighted by Gasteiger charge is -2.28. The number of carbonyl (C=O) groups excluding carboxylic acids is 1. The van der Waals surface area contributed by atoms with Crippen molar-refractivity contribution in [3.05, 3.63) is 35.4 Å². The summed E-state index contributed by atoms with van der Waals surface area (Å²) in [5.74, 6) is 0.886. The molecule has 9 nitrogen and oxygen atoms in total. The molecule has 2 aromatic rings. The van der Waals surface area contributed by atoms with Crippen LogP contribution in [0.3, 0.4) is 0 Å². The maximum atomic E-state index is 13.5. The molecule has 1 amide bonds. The number of fused-ring (bicyclic) bond motifs is 1. The Labute approximate surface area is 221 Å². The SMILES string of the molecule is Nc1nc(SCCCCCCO)nc2c1C(=O)N(c1ccc([C@H]3CC[C@H](CC(=O)O)CC3)cc1)CCO2. The summed E-state index contributed by atoms with van der Waals surface area (Å²) in [6.07, 6.45) is 7.91. The van der Waals surface area contributed by atoms with Gasteiger partial charge in [-0.05, 0) is 68.1 Å². The Morgan fingerprint density at radius 3 is 2.51 bits per heavy atom. The lowest BCUT2D eigenvalue weighted by Crippen LogP contribution is -2.32. The van der Waals surface area contributed by atoms with Gasteiger partial charge in [-0.15, -0.1) is 0 Å². The first-order chi connectivity index (χ1) is 18.0. The molecule has 200 valence electrons. The van der Waals surface area contributed by atoms with Gasteiger partial charge < -0.3 is 25.6 Å². The van der Waals surface area contributed by atoms with E-state index in [4.69, 9.17) is 20.7 Å². The summed E-state index contributed by atoms with van der Waals surface area (Å²) in [7, 11) is 0. The highest BCUT2D eigenvalue weighted by Crippen LogP contribution is 2.38. The predicted octanol–water partition coefficient (Wildman–Crippen LogP) is 4.49. The van der Waals surface area contributed by atoms with Crippen molar-refractivity contribution in [3.8, 4) is 5.88 Å². The van der Waals surface area contributed by atoms with Crippen molar-refractivity contribution in [1.82, 2.24) is 9.97 Å². The molecule has 0 atom stereocenters. The fourth-order valence-electron chi connectivity index (χ4n) is 5.13. The Morgan fingerprint density at radius 1 is 1.08 bits per heavy atom. The van der Waals surface area contributed by atoms with Crippen LogP contribution in [0.2, 0.25) is 0 Å². The zero-order valence-electron chi connectivity index (χ0n) is 21.1. The van der Waals surface area contributed by atoms with E-state index in [9.17, 15) is 9.59 Å². The molecule has 1 aromatic carbocycles. The number of hydrogen-bond donors (Lipinski definition) is 3. The van der Waals surface area contributed by atoms with E-state index in [1.54, 1.807) is 4.90 Å². The first-order valence-electron chi connectivity index (χ1n) is 13.1. The number of ether oxygens (including phenoxy) is 1. The van der Waals surface area contributed by atoms with Gasteiger partial charge in [0.1, 0.15) is 18.0 Å². The minimum absolute atomic E-state index is 0.124. The summed E-state index contributed by atoms with van der Waals surface area (Å²) in [4.78, 5) is 34.9. The van der Waals surface area contributed by atoms with Crippen LogP contribution in [-0.2, 0) is 4.79 Å². The molecule has 1 aromatic heterocycles. The van der Waals surface area contributed by atoms with E-state index in [0.29, 0.717) is 24.2 Å². The number of amides is 1. The smallest absolute Gasteiger partial charge is 0.303 e. The number of rotatable bonds is 11. The second-order valence-electron chi connectivity index (χ2n) is 9.77. The molecule has 4 rings (SSSR count). The van der Waals surface area contributed by atoms with Gasteiger partial charge in [-0.1, -0.05) is 36.7 Å². The van der Waals surface area contributed by atoms with Gasteiger partial charge in [-0.3, -0.25) is 9.59 Å². The fraction of sp³-hybridized carbons (Fsp3) is 0.556. The summed E-state index contributed by atoms with van der Waals surface area (Å²) in [6.45, 7) is 0.901. The molecule has 0 unspecified atom stereocenters. The molecule has 0 spiro atoms. The number of nitrogen functional groups attached to an aromatic ring is 1. The summed E-state index contributed by atoms with van der Waals surface area (Å²) >= 11 is 1.49. The van der Waals surface area contributed by atoms with Crippen molar-refractivity contribution in [1.29, 1.82) is 0 Å². The fourth-order valence-corrected chi connectivity index (χ4v) is 5.97. The van der Waals surface area contributed by atoms with E-state index in [-0.39, 0.29) is 42.1 Å². The molecule has 0 bridgehead atoms. The van der Waals surface area contributed by atoms with Crippen LogP contribution in [-0.4, -0.2) is 57.6 Å². The Bertz CT molecular complexity index is 1070.